The Bertz CT molecular complexity index is 540. The summed E-state index contributed by atoms with van der Waals surface area (Å²) in [5.41, 5.74) is 0.0738. The van der Waals surface area contributed by atoms with Gasteiger partial charge in [-0.1, -0.05) is 0 Å². The maximum atomic E-state index is 12.8. The highest BCUT2D eigenvalue weighted by atomic mass is 19.4. The molecule has 0 amide bonds. The van der Waals surface area contributed by atoms with Crippen LogP contribution in [0, 0.1) is 0 Å². The first kappa shape index (κ1) is 13.3. The van der Waals surface area contributed by atoms with Crippen molar-refractivity contribution in [2.24, 2.45) is 0 Å². The van der Waals surface area contributed by atoms with Crippen molar-refractivity contribution in [1.29, 1.82) is 0 Å². The Morgan fingerprint density at radius 1 is 1.11 bits per heavy atom. The van der Waals surface area contributed by atoms with E-state index in [1.54, 1.807) is 31.5 Å². The summed E-state index contributed by atoms with van der Waals surface area (Å²) in [4.78, 5) is 7.63. The smallest absolute Gasteiger partial charge is 0.363 e. The van der Waals surface area contributed by atoms with E-state index in [-0.39, 0.29) is 11.9 Å². The summed E-state index contributed by atoms with van der Waals surface area (Å²) in [6.45, 7) is 1.77. The van der Waals surface area contributed by atoms with Gasteiger partial charge in [0.25, 0.3) is 0 Å². The number of nitrogens with one attached hydrogen (secondary N) is 1. The summed E-state index contributed by atoms with van der Waals surface area (Å²) in [7, 11) is 0. The molecule has 0 aromatic carbocycles. The molecule has 1 unspecified atom stereocenters. The molecule has 0 radical (unpaired) electrons. The summed E-state index contributed by atoms with van der Waals surface area (Å²) in [6.07, 6.45) is 0.0958. The largest absolute Gasteiger partial charge is 0.419 e. The van der Waals surface area contributed by atoms with E-state index in [1.807, 2.05) is 0 Å². The molecule has 1 atom stereocenters. The van der Waals surface area contributed by atoms with Gasteiger partial charge < -0.3 is 5.32 Å². The SMILES string of the molecule is CC(Nc1ncccc1C(F)(F)F)c1ccncc1. The maximum absolute atomic E-state index is 12.8. The Balaban J connectivity index is 2.25. The Hall–Kier alpha value is -2.11. The normalized spacial score (nSPS) is 13.1. The van der Waals surface area contributed by atoms with Gasteiger partial charge in [-0.15, -0.1) is 0 Å². The van der Waals surface area contributed by atoms with Gasteiger partial charge in [-0.3, -0.25) is 4.98 Å². The first-order chi connectivity index (χ1) is 8.98. The van der Waals surface area contributed by atoms with Gasteiger partial charge in [0.1, 0.15) is 5.82 Å². The Morgan fingerprint density at radius 2 is 1.79 bits per heavy atom. The molecule has 19 heavy (non-hydrogen) atoms. The van der Waals surface area contributed by atoms with Crippen LogP contribution in [-0.2, 0) is 6.18 Å². The molecule has 2 heterocycles. The van der Waals surface area contributed by atoms with Crippen molar-refractivity contribution < 1.29 is 13.2 Å². The van der Waals surface area contributed by atoms with Gasteiger partial charge in [-0.25, -0.2) is 4.98 Å². The summed E-state index contributed by atoms with van der Waals surface area (Å²) in [5.74, 6) is -0.167. The first-order valence-corrected chi connectivity index (χ1v) is 5.67. The van der Waals surface area contributed by atoms with Crippen LogP contribution in [0.2, 0.25) is 0 Å². The van der Waals surface area contributed by atoms with Gasteiger partial charge in [0.05, 0.1) is 11.6 Å². The van der Waals surface area contributed by atoms with Crippen molar-refractivity contribution in [1.82, 2.24) is 9.97 Å². The molecule has 2 aromatic heterocycles. The van der Waals surface area contributed by atoms with Crippen LogP contribution in [0.3, 0.4) is 0 Å². The number of hydrogen-bond donors (Lipinski definition) is 1. The van der Waals surface area contributed by atoms with Gasteiger partial charge >= 0.3 is 6.18 Å². The highest BCUT2D eigenvalue weighted by Gasteiger charge is 2.34. The fourth-order valence-corrected chi connectivity index (χ4v) is 1.69. The second kappa shape index (κ2) is 5.26. The molecule has 6 heteroatoms. The third kappa shape index (κ3) is 3.21. The van der Waals surface area contributed by atoms with Gasteiger partial charge in [-0.05, 0) is 36.8 Å². The van der Waals surface area contributed by atoms with Crippen molar-refractivity contribution in [3.8, 4) is 0 Å². The molecular formula is C13H12F3N3. The second-order valence-electron chi connectivity index (χ2n) is 4.04. The average Bonchev–Trinajstić information content (AvgIpc) is 2.39. The molecule has 2 aromatic rings. The van der Waals surface area contributed by atoms with Crippen molar-refractivity contribution in [2.45, 2.75) is 19.1 Å². The molecule has 0 bridgehead atoms. The fraction of sp³-hybridized carbons (Fsp3) is 0.231. The summed E-state index contributed by atoms with van der Waals surface area (Å²) >= 11 is 0. The summed E-state index contributed by atoms with van der Waals surface area (Å²) < 4.78 is 38.4. The van der Waals surface area contributed by atoms with Crippen LogP contribution in [0.5, 0.6) is 0 Å². The standard InChI is InChI=1S/C13H12F3N3/c1-9(10-4-7-17-8-5-10)19-12-11(13(14,15)16)3-2-6-18-12/h2-9H,1H3,(H,18,19). The van der Waals surface area contributed by atoms with Gasteiger partial charge in [0.15, 0.2) is 0 Å². The van der Waals surface area contributed by atoms with Crippen LogP contribution < -0.4 is 5.32 Å². The van der Waals surface area contributed by atoms with E-state index < -0.39 is 11.7 Å². The quantitative estimate of drug-likeness (QED) is 0.922. The van der Waals surface area contributed by atoms with E-state index in [2.05, 4.69) is 15.3 Å². The number of alkyl halides is 3. The monoisotopic (exact) mass is 267 g/mol. The maximum Gasteiger partial charge on any atom is 0.419 e. The van der Waals surface area contributed by atoms with Crippen LogP contribution >= 0.6 is 0 Å². The van der Waals surface area contributed by atoms with Crippen LogP contribution in [0.1, 0.15) is 24.1 Å². The molecule has 0 fully saturated rings. The zero-order chi connectivity index (χ0) is 13.9. The third-order valence-electron chi connectivity index (χ3n) is 2.67. The predicted molar refractivity (Wildman–Crippen MR) is 65.5 cm³/mol. The third-order valence-corrected chi connectivity index (χ3v) is 2.67. The molecule has 100 valence electrons. The van der Waals surface area contributed by atoms with Crippen molar-refractivity contribution in [3.05, 3.63) is 54.0 Å². The van der Waals surface area contributed by atoms with E-state index in [4.69, 9.17) is 0 Å². The van der Waals surface area contributed by atoms with Crippen LogP contribution in [-0.4, -0.2) is 9.97 Å². The summed E-state index contributed by atoms with van der Waals surface area (Å²) in [5, 5.41) is 2.77. The average molecular weight is 267 g/mol. The molecule has 0 saturated carbocycles. The zero-order valence-corrected chi connectivity index (χ0v) is 10.1. The van der Waals surface area contributed by atoms with Crippen molar-refractivity contribution in [2.75, 3.05) is 5.32 Å². The van der Waals surface area contributed by atoms with Gasteiger partial charge in [-0.2, -0.15) is 13.2 Å². The molecule has 0 saturated heterocycles. The number of halogens is 3. The molecule has 0 spiro atoms. The Kier molecular flexibility index (Phi) is 3.69. The number of nitrogens with zero attached hydrogens (tertiary/aromatic N) is 2. The van der Waals surface area contributed by atoms with E-state index in [0.717, 1.165) is 11.6 Å². The molecule has 3 nitrogen and oxygen atoms in total. The van der Waals surface area contributed by atoms with Crippen LogP contribution in [0.4, 0.5) is 19.0 Å². The molecule has 1 N–H and O–H groups in total. The lowest BCUT2D eigenvalue weighted by Gasteiger charge is -2.18. The lowest BCUT2D eigenvalue weighted by atomic mass is 10.1. The highest BCUT2D eigenvalue weighted by molar-refractivity contribution is 5.47. The fourth-order valence-electron chi connectivity index (χ4n) is 1.69. The lowest BCUT2D eigenvalue weighted by Crippen LogP contribution is -2.14. The van der Waals surface area contributed by atoms with Gasteiger partial charge in [0, 0.05) is 18.6 Å². The van der Waals surface area contributed by atoms with Crippen molar-refractivity contribution in [3.63, 3.8) is 0 Å². The molecule has 0 aliphatic carbocycles. The minimum Gasteiger partial charge on any atom is -0.363 e. The molecule has 0 aliphatic heterocycles. The Morgan fingerprint density at radius 3 is 2.42 bits per heavy atom. The van der Waals surface area contributed by atoms with E-state index in [0.29, 0.717) is 0 Å². The molecule has 2 rings (SSSR count). The first-order valence-electron chi connectivity index (χ1n) is 5.67. The molecular weight excluding hydrogens is 255 g/mol. The summed E-state index contributed by atoms with van der Waals surface area (Å²) in [6, 6.07) is 5.47. The van der Waals surface area contributed by atoms with Crippen molar-refractivity contribution >= 4 is 5.82 Å². The van der Waals surface area contributed by atoms with E-state index >= 15 is 0 Å². The van der Waals surface area contributed by atoms with Crippen LogP contribution in [0.15, 0.2) is 42.9 Å². The van der Waals surface area contributed by atoms with Gasteiger partial charge in [0.2, 0.25) is 0 Å². The number of anilines is 1. The van der Waals surface area contributed by atoms with Crippen LogP contribution in [0.25, 0.3) is 0 Å². The number of aromatic nitrogens is 2. The second-order valence-corrected chi connectivity index (χ2v) is 4.04. The number of rotatable bonds is 3. The lowest BCUT2D eigenvalue weighted by molar-refractivity contribution is -0.137. The highest BCUT2D eigenvalue weighted by Crippen LogP contribution is 2.34. The minimum atomic E-state index is -4.42. The van der Waals surface area contributed by atoms with E-state index in [1.165, 1.54) is 12.3 Å². The van der Waals surface area contributed by atoms with E-state index in [9.17, 15) is 13.2 Å². The topological polar surface area (TPSA) is 37.8 Å². The molecule has 0 aliphatic rings. The number of pyridine rings is 2. The minimum absolute atomic E-state index is 0.167. The Labute approximate surface area is 108 Å². The zero-order valence-electron chi connectivity index (χ0n) is 10.1. The predicted octanol–water partition coefficient (Wildman–Crippen LogP) is 3.67. The number of hydrogen-bond acceptors (Lipinski definition) is 3.